The fourth-order valence-corrected chi connectivity index (χ4v) is 2.72. The highest BCUT2D eigenvalue weighted by Crippen LogP contribution is 2.32. The maximum Gasteiger partial charge on any atom is 0.335 e. The molecule has 0 aromatic heterocycles. The lowest BCUT2D eigenvalue weighted by Crippen LogP contribution is -2.33. The van der Waals surface area contributed by atoms with Crippen molar-refractivity contribution in [2.75, 3.05) is 11.9 Å². The van der Waals surface area contributed by atoms with Gasteiger partial charge in [0.1, 0.15) is 5.75 Å². The molecule has 2 aromatic rings. The van der Waals surface area contributed by atoms with Crippen LogP contribution in [-0.2, 0) is 4.74 Å². The number of benzene rings is 2. The SMILES string of the molecule is CCO[C@@H]1Oc2ccc(C)cc2C(=O)C1=CNc1ccc([O-])c(C(=O)O)c1. The van der Waals surface area contributed by atoms with Crippen molar-refractivity contribution >= 4 is 17.4 Å². The van der Waals surface area contributed by atoms with Crippen LogP contribution in [-0.4, -0.2) is 29.8 Å². The Labute approximate surface area is 155 Å². The summed E-state index contributed by atoms with van der Waals surface area (Å²) in [6, 6.07) is 9.12. The molecule has 1 aliphatic rings. The summed E-state index contributed by atoms with van der Waals surface area (Å²) in [4.78, 5) is 24.0. The van der Waals surface area contributed by atoms with E-state index in [4.69, 9.17) is 14.6 Å². The van der Waals surface area contributed by atoms with Crippen LogP contribution in [0.4, 0.5) is 5.69 Å². The van der Waals surface area contributed by atoms with E-state index in [2.05, 4.69) is 5.32 Å². The highest BCUT2D eigenvalue weighted by Gasteiger charge is 2.32. The molecular weight excluding hydrogens is 350 g/mol. The number of hydrogen-bond donors (Lipinski definition) is 2. The second kappa shape index (κ2) is 7.51. The average Bonchev–Trinajstić information content (AvgIpc) is 2.63. The van der Waals surface area contributed by atoms with E-state index in [0.29, 0.717) is 23.6 Å². The number of ether oxygens (including phenoxy) is 2. The summed E-state index contributed by atoms with van der Waals surface area (Å²) in [5.74, 6) is -1.70. The third-order valence-corrected chi connectivity index (χ3v) is 4.05. The number of Topliss-reactive ketones (excluding diaryl/α,β-unsaturated/α-hetero) is 1. The Morgan fingerprint density at radius 3 is 2.81 bits per heavy atom. The number of aromatic carboxylic acids is 1. The quantitative estimate of drug-likeness (QED) is 0.781. The fourth-order valence-electron chi connectivity index (χ4n) is 2.72. The Balaban J connectivity index is 1.94. The third kappa shape index (κ3) is 3.78. The van der Waals surface area contributed by atoms with Crippen LogP contribution >= 0.6 is 0 Å². The van der Waals surface area contributed by atoms with Gasteiger partial charge in [0, 0.05) is 18.5 Å². The molecule has 0 saturated carbocycles. The minimum absolute atomic E-state index is 0.246. The largest absolute Gasteiger partial charge is 0.872 e. The van der Waals surface area contributed by atoms with Gasteiger partial charge in [0.2, 0.25) is 6.29 Å². The average molecular weight is 368 g/mol. The predicted octanol–water partition coefficient (Wildman–Crippen LogP) is 2.70. The van der Waals surface area contributed by atoms with Crippen molar-refractivity contribution in [3.05, 3.63) is 64.9 Å². The molecule has 2 aromatic carbocycles. The van der Waals surface area contributed by atoms with E-state index in [0.717, 1.165) is 11.6 Å². The highest BCUT2D eigenvalue weighted by atomic mass is 16.7. The Morgan fingerprint density at radius 1 is 1.33 bits per heavy atom. The second-order valence-corrected chi connectivity index (χ2v) is 5.99. The Bertz CT molecular complexity index is 934. The Morgan fingerprint density at radius 2 is 2.11 bits per heavy atom. The molecule has 7 nitrogen and oxygen atoms in total. The van der Waals surface area contributed by atoms with Gasteiger partial charge in [-0.3, -0.25) is 4.79 Å². The molecule has 0 saturated heterocycles. The summed E-state index contributed by atoms with van der Waals surface area (Å²) in [6.45, 7) is 4.00. The summed E-state index contributed by atoms with van der Waals surface area (Å²) < 4.78 is 11.3. The number of ketones is 1. The minimum atomic E-state index is -1.31. The highest BCUT2D eigenvalue weighted by molar-refractivity contribution is 6.12. The number of aryl methyl sites for hydroxylation is 1. The molecule has 140 valence electrons. The number of hydrogen-bond acceptors (Lipinski definition) is 6. The van der Waals surface area contributed by atoms with Crippen LogP contribution in [0.25, 0.3) is 0 Å². The molecule has 7 heteroatoms. The molecule has 0 spiro atoms. The number of carboxylic acid groups (broad SMARTS) is 1. The van der Waals surface area contributed by atoms with Gasteiger partial charge in [0.25, 0.3) is 0 Å². The first kappa shape index (κ1) is 18.5. The molecule has 0 radical (unpaired) electrons. The van der Waals surface area contributed by atoms with Crippen LogP contribution in [0.15, 0.2) is 48.2 Å². The second-order valence-electron chi connectivity index (χ2n) is 5.99. The molecule has 1 aliphatic heterocycles. The van der Waals surface area contributed by atoms with Crippen LogP contribution in [0.2, 0.25) is 0 Å². The van der Waals surface area contributed by atoms with E-state index in [1.54, 1.807) is 19.1 Å². The summed E-state index contributed by atoms with van der Waals surface area (Å²) in [6.07, 6.45) is 0.530. The van der Waals surface area contributed by atoms with Gasteiger partial charge in [-0.1, -0.05) is 23.4 Å². The van der Waals surface area contributed by atoms with E-state index >= 15 is 0 Å². The van der Waals surface area contributed by atoms with Gasteiger partial charge in [0.15, 0.2) is 5.78 Å². The van der Waals surface area contributed by atoms with Gasteiger partial charge in [-0.2, -0.15) is 0 Å². The first-order chi connectivity index (χ1) is 12.9. The summed E-state index contributed by atoms with van der Waals surface area (Å²) in [5, 5.41) is 23.5. The van der Waals surface area contributed by atoms with Crippen molar-refractivity contribution in [3.63, 3.8) is 0 Å². The van der Waals surface area contributed by atoms with Crippen molar-refractivity contribution in [1.82, 2.24) is 0 Å². The molecule has 0 unspecified atom stereocenters. The zero-order valence-corrected chi connectivity index (χ0v) is 14.8. The van der Waals surface area contributed by atoms with Crippen molar-refractivity contribution < 1.29 is 29.3 Å². The van der Waals surface area contributed by atoms with Gasteiger partial charge in [-0.25, -0.2) is 4.79 Å². The molecule has 27 heavy (non-hydrogen) atoms. The molecule has 0 bridgehead atoms. The molecule has 0 amide bonds. The normalized spacial score (nSPS) is 17.3. The number of carboxylic acids is 1. The van der Waals surface area contributed by atoms with Crippen LogP contribution in [0.1, 0.15) is 33.2 Å². The van der Waals surface area contributed by atoms with Crippen molar-refractivity contribution in [2.24, 2.45) is 0 Å². The van der Waals surface area contributed by atoms with Crippen molar-refractivity contribution in [2.45, 2.75) is 20.1 Å². The van der Waals surface area contributed by atoms with Gasteiger partial charge in [0.05, 0.1) is 16.7 Å². The maximum absolute atomic E-state index is 12.9. The number of carbonyl (C=O) groups excluding carboxylic acids is 1. The summed E-state index contributed by atoms with van der Waals surface area (Å²) in [5.41, 5.74) is 1.60. The minimum Gasteiger partial charge on any atom is -0.872 e. The molecule has 0 fully saturated rings. The zero-order chi connectivity index (χ0) is 19.6. The first-order valence-electron chi connectivity index (χ1n) is 8.35. The number of fused-ring (bicyclic) bond motifs is 1. The lowest BCUT2D eigenvalue weighted by atomic mass is 9.98. The summed E-state index contributed by atoms with van der Waals surface area (Å²) >= 11 is 0. The van der Waals surface area contributed by atoms with Gasteiger partial charge in [-0.05, 0) is 38.1 Å². The number of nitrogens with one attached hydrogen (secondary N) is 1. The van der Waals surface area contributed by atoms with E-state index in [-0.39, 0.29) is 16.9 Å². The molecule has 1 heterocycles. The molecule has 0 aliphatic carbocycles. The van der Waals surface area contributed by atoms with E-state index < -0.39 is 18.0 Å². The Hall–Kier alpha value is -3.32. The van der Waals surface area contributed by atoms with E-state index in [1.165, 1.54) is 18.3 Å². The van der Waals surface area contributed by atoms with E-state index in [1.807, 2.05) is 13.0 Å². The fraction of sp³-hybridized carbons (Fsp3) is 0.200. The standard InChI is InChI=1S/C20H19NO6/c1-3-26-20-15(18(23)14-8-11(2)4-7-17(14)27-20)10-21-12-5-6-16(22)13(9-12)19(24)25/h4-10,20-22H,3H2,1-2H3,(H,24,25)/p-1/t20-/m1/s1. The lowest BCUT2D eigenvalue weighted by Gasteiger charge is -2.27. The Kier molecular flexibility index (Phi) is 5.14. The van der Waals surface area contributed by atoms with Crippen LogP contribution in [0, 0.1) is 6.92 Å². The molecule has 1 atom stereocenters. The van der Waals surface area contributed by atoms with Gasteiger partial charge < -0.3 is 25.0 Å². The zero-order valence-electron chi connectivity index (χ0n) is 14.8. The molecule has 3 rings (SSSR count). The maximum atomic E-state index is 12.9. The monoisotopic (exact) mass is 368 g/mol. The summed E-state index contributed by atoms with van der Waals surface area (Å²) in [7, 11) is 0. The predicted molar refractivity (Wildman–Crippen MR) is 96.1 cm³/mol. The van der Waals surface area contributed by atoms with Crippen molar-refractivity contribution in [3.8, 4) is 11.5 Å². The van der Waals surface area contributed by atoms with Crippen LogP contribution in [0.5, 0.6) is 11.5 Å². The van der Waals surface area contributed by atoms with E-state index in [9.17, 15) is 14.7 Å². The molecular formula is C20H18NO6-. The third-order valence-electron chi connectivity index (χ3n) is 4.05. The number of carbonyl (C=O) groups is 2. The lowest BCUT2D eigenvalue weighted by molar-refractivity contribution is -0.268. The smallest absolute Gasteiger partial charge is 0.335 e. The van der Waals surface area contributed by atoms with Crippen molar-refractivity contribution in [1.29, 1.82) is 0 Å². The topological polar surface area (TPSA) is 108 Å². The van der Waals surface area contributed by atoms with Gasteiger partial charge >= 0.3 is 5.97 Å². The van der Waals surface area contributed by atoms with Crippen LogP contribution < -0.4 is 15.2 Å². The number of rotatable bonds is 5. The first-order valence-corrected chi connectivity index (χ1v) is 8.35. The van der Waals surface area contributed by atoms with Gasteiger partial charge in [-0.15, -0.1) is 0 Å². The molecule has 2 N–H and O–H groups in total. The number of anilines is 1. The van der Waals surface area contributed by atoms with Crippen LogP contribution in [0.3, 0.4) is 0 Å².